The SMILES string of the molecule is COc1nc(-c2cccc(-c3cccc(-c4ccc5c(n4)CCCC5NCC4CCC(=O)N4)c3Cl)c2Cl)ccc1CNC[C@@H]1CCC(=O)N1. The van der Waals surface area contributed by atoms with Gasteiger partial charge in [0.25, 0.3) is 0 Å². The molecule has 4 aromatic rings. The Morgan fingerprint density at radius 3 is 2.00 bits per heavy atom. The topological polar surface area (TPSA) is 117 Å². The zero-order chi connectivity index (χ0) is 33.9. The molecule has 9 nitrogen and oxygen atoms in total. The lowest BCUT2D eigenvalue weighted by molar-refractivity contribution is -0.120. The number of carbonyl (C=O) groups excluding carboxylic acids is 2. The first-order valence-corrected chi connectivity index (χ1v) is 17.8. The highest BCUT2D eigenvalue weighted by molar-refractivity contribution is 6.39. The number of fused-ring (bicyclic) bond motifs is 1. The van der Waals surface area contributed by atoms with Crippen molar-refractivity contribution in [3.8, 4) is 39.5 Å². The number of nitrogens with zero attached hydrogens (tertiary/aromatic N) is 2. The van der Waals surface area contributed by atoms with Crippen molar-refractivity contribution in [2.45, 2.75) is 69.6 Å². The molecule has 11 heteroatoms. The van der Waals surface area contributed by atoms with E-state index in [0.717, 1.165) is 77.9 Å². The molecule has 254 valence electrons. The van der Waals surface area contributed by atoms with E-state index in [4.69, 9.17) is 37.9 Å². The molecular weight excluding hydrogens is 659 g/mol. The number of halogens is 2. The normalized spacial score (nSPS) is 20.2. The lowest BCUT2D eigenvalue weighted by atomic mass is 9.90. The van der Waals surface area contributed by atoms with Gasteiger partial charge in [0.15, 0.2) is 0 Å². The van der Waals surface area contributed by atoms with Crippen LogP contribution in [0.2, 0.25) is 10.0 Å². The number of ether oxygens (including phenoxy) is 1. The van der Waals surface area contributed by atoms with Crippen LogP contribution in [0.1, 0.15) is 61.4 Å². The average Bonchev–Trinajstić information content (AvgIpc) is 3.74. The third-order valence-corrected chi connectivity index (χ3v) is 10.6. The number of hydrogen-bond acceptors (Lipinski definition) is 7. The second-order valence-electron chi connectivity index (χ2n) is 13.0. The second kappa shape index (κ2) is 14.8. The van der Waals surface area contributed by atoms with Gasteiger partial charge in [-0.3, -0.25) is 14.6 Å². The molecule has 0 bridgehead atoms. The number of aryl methyl sites for hydroxylation is 1. The number of carbonyl (C=O) groups is 2. The van der Waals surface area contributed by atoms with Crippen molar-refractivity contribution in [3.05, 3.63) is 87.5 Å². The third-order valence-electron chi connectivity index (χ3n) is 9.75. The van der Waals surface area contributed by atoms with Crippen molar-refractivity contribution in [2.75, 3.05) is 20.2 Å². The highest BCUT2D eigenvalue weighted by Gasteiger charge is 2.26. The summed E-state index contributed by atoms with van der Waals surface area (Å²) in [6.45, 7) is 2.01. The molecular formula is C38H40Cl2N6O3. The number of methoxy groups -OCH3 is 1. The minimum absolute atomic E-state index is 0.105. The smallest absolute Gasteiger partial charge is 0.220 e. The van der Waals surface area contributed by atoms with Crippen molar-refractivity contribution in [1.29, 1.82) is 0 Å². The molecule has 2 aliphatic heterocycles. The van der Waals surface area contributed by atoms with Crippen LogP contribution in [0.5, 0.6) is 5.88 Å². The molecule has 0 radical (unpaired) electrons. The van der Waals surface area contributed by atoms with E-state index in [2.05, 4.69) is 33.4 Å². The van der Waals surface area contributed by atoms with Gasteiger partial charge in [-0.25, -0.2) is 4.98 Å². The number of nitrogens with one attached hydrogen (secondary N) is 4. The standard InChI is InChI=1S/C38H40Cl2N6O3/c1-49-38-22(19-41-20-23-12-17-34(47)43-23)11-15-33(46-38)29-8-3-6-26(37(29)40)25-5-2-7-28(36(25)39)32-16-14-27-30(9-4-10-31(27)45-32)42-21-24-13-18-35(48)44-24/h2-3,5-8,11,14-16,23-24,30,41-42H,4,9-10,12-13,17-21H2,1H3,(H,43,47)(H,44,48)/t23-,24?,30?/m0/s1. The van der Waals surface area contributed by atoms with Gasteiger partial charge in [0, 0.05) is 84.1 Å². The molecule has 2 amide bonds. The van der Waals surface area contributed by atoms with E-state index in [1.165, 1.54) is 5.56 Å². The molecule has 2 fully saturated rings. The van der Waals surface area contributed by atoms with Crippen molar-refractivity contribution in [3.63, 3.8) is 0 Å². The maximum Gasteiger partial charge on any atom is 0.220 e. The first-order valence-electron chi connectivity index (χ1n) is 17.0. The first-order chi connectivity index (χ1) is 23.9. The monoisotopic (exact) mass is 698 g/mol. The summed E-state index contributed by atoms with van der Waals surface area (Å²) in [5.41, 5.74) is 7.98. The molecule has 7 rings (SSSR count). The number of amides is 2. The summed E-state index contributed by atoms with van der Waals surface area (Å²) in [6.07, 6.45) is 5.91. The molecule has 3 atom stereocenters. The van der Waals surface area contributed by atoms with Crippen LogP contribution in [-0.2, 0) is 22.6 Å². The highest BCUT2D eigenvalue weighted by atomic mass is 35.5. The quantitative estimate of drug-likeness (QED) is 0.143. The van der Waals surface area contributed by atoms with Gasteiger partial charge >= 0.3 is 0 Å². The van der Waals surface area contributed by atoms with Gasteiger partial charge in [0.1, 0.15) is 0 Å². The summed E-state index contributed by atoms with van der Waals surface area (Å²) >= 11 is 14.3. The molecule has 49 heavy (non-hydrogen) atoms. The lowest BCUT2D eigenvalue weighted by Crippen LogP contribution is -2.38. The van der Waals surface area contributed by atoms with Crippen LogP contribution in [0, 0.1) is 0 Å². The van der Waals surface area contributed by atoms with Crippen LogP contribution in [0.25, 0.3) is 33.6 Å². The Morgan fingerprint density at radius 2 is 1.37 bits per heavy atom. The molecule has 2 unspecified atom stereocenters. The summed E-state index contributed by atoms with van der Waals surface area (Å²) in [7, 11) is 1.61. The van der Waals surface area contributed by atoms with Crippen molar-refractivity contribution in [2.24, 2.45) is 0 Å². The van der Waals surface area contributed by atoms with E-state index in [1.54, 1.807) is 7.11 Å². The van der Waals surface area contributed by atoms with Crippen LogP contribution >= 0.6 is 23.2 Å². The number of hydrogen-bond donors (Lipinski definition) is 4. The van der Waals surface area contributed by atoms with E-state index in [1.807, 2.05) is 48.5 Å². The van der Waals surface area contributed by atoms with Crippen molar-refractivity contribution < 1.29 is 14.3 Å². The molecule has 0 saturated carbocycles. The minimum atomic E-state index is 0.105. The van der Waals surface area contributed by atoms with Crippen molar-refractivity contribution in [1.82, 2.24) is 31.2 Å². The van der Waals surface area contributed by atoms with Gasteiger partial charge in [-0.2, -0.15) is 0 Å². The third kappa shape index (κ3) is 7.31. The highest BCUT2D eigenvalue weighted by Crippen LogP contribution is 2.42. The molecule has 3 aliphatic rings. The zero-order valence-electron chi connectivity index (χ0n) is 27.5. The molecule has 0 spiro atoms. The summed E-state index contributed by atoms with van der Waals surface area (Å²) in [6, 6.07) is 20.6. The Morgan fingerprint density at radius 1 is 0.755 bits per heavy atom. The summed E-state index contributed by atoms with van der Waals surface area (Å²) in [5, 5.41) is 14.2. The van der Waals surface area contributed by atoms with Gasteiger partial charge in [0.05, 0.1) is 28.5 Å². The van der Waals surface area contributed by atoms with Crippen molar-refractivity contribution >= 4 is 35.0 Å². The summed E-state index contributed by atoms with van der Waals surface area (Å²) in [4.78, 5) is 33.1. The fourth-order valence-electron chi connectivity index (χ4n) is 7.15. The van der Waals surface area contributed by atoms with Crippen LogP contribution in [0.3, 0.4) is 0 Å². The molecule has 2 aromatic carbocycles. The molecule has 1 aliphatic carbocycles. The Hall–Kier alpha value is -4.02. The number of pyridine rings is 2. The molecule has 2 saturated heterocycles. The van der Waals surface area contributed by atoms with Gasteiger partial charge in [-0.15, -0.1) is 0 Å². The van der Waals surface area contributed by atoms with Crippen LogP contribution in [-0.4, -0.2) is 54.1 Å². The van der Waals surface area contributed by atoms with Gasteiger partial charge < -0.3 is 26.0 Å². The minimum Gasteiger partial charge on any atom is -0.481 e. The van der Waals surface area contributed by atoms with Crippen LogP contribution in [0.15, 0.2) is 60.7 Å². The molecule has 2 aromatic heterocycles. The van der Waals surface area contributed by atoms with E-state index in [-0.39, 0.29) is 29.9 Å². The van der Waals surface area contributed by atoms with Gasteiger partial charge in [0.2, 0.25) is 17.7 Å². The van der Waals surface area contributed by atoms with Gasteiger partial charge in [-0.1, -0.05) is 71.7 Å². The van der Waals surface area contributed by atoms with E-state index in [9.17, 15) is 9.59 Å². The first kappa shape index (κ1) is 33.5. The Balaban J connectivity index is 1.10. The van der Waals surface area contributed by atoms with Crippen LogP contribution in [0.4, 0.5) is 0 Å². The number of aromatic nitrogens is 2. The maximum absolute atomic E-state index is 11.6. The van der Waals surface area contributed by atoms with Gasteiger partial charge in [-0.05, 0) is 49.8 Å². The second-order valence-corrected chi connectivity index (χ2v) is 13.8. The number of benzene rings is 2. The lowest BCUT2D eigenvalue weighted by Gasteiger charge is -2.27. The van der Waals surface area contributed by atoms with E-state index >= 15 is 0 Å². The fraction of sp³-hybridized carbons (Fsp3) is 0.368. The Bertz CT molecular complexity index is 1880. The zero-order valence-corrected chi connectivity index (χ0v) is 29.0. The largest absolute Gasteiger partial charge is 0.481 e. The average molecular weight is 700 g/mol. The predicted octanol–water partition coefficient (Wildman–Crippen LogP) is 6.41. The summed E-state index contributed by atoms with van der Waals surface area (Å²) in [5.74, 6) is 0.759. The molecule has 4 heterocycles. The van der Waals surface area contributed by atoms with E-state index < -0.39 is 0 Å². The Kier molecular flexibility index (Phi) is 10.1. The number of rotatable bonds is 11. The maximum atomic E-state index is 11.6. The van der Waals surface area contributed by atoms with E-state index in [0.29, 0.717) is 47.6 Å². The fourth-order valence-corrected chi connectivity index (χ4v) is 7.80. The molecule has 4 N–H and O–H groups in total. The summed E-state index contributed by atoms with van der Waals surface area (Å²) < 4.78 is 5.66. The van der Waals surface area contributed by atoms with Crippen LogP contribution < -0.4 is 26.0 Å². The predicted molar refractivity (Wildman–Crippen MR) is 193 cm³/mol. The Labute approximate surface area is 296 Å².